The highest BCUT2D eigenvalue weighted by molar-refractivity contribution is 5.82. The van der Waals surface area contributed by atoms with Gasteiger partial charge in [-0.3, -0.25) is 4.79 Å². The summed E-state index contributed by atoms with van der Waals surface area (Å²) in [7, 11) is 1.68. The molecular formula is C14H21FN2O. The fourth-order valence-corrected chi connectivity index (χ4v) is 1.59. The minimum Gasteiger partial charge on any atom is -0.340 e. The van der Waals surface area contributed by atoms with Gasteiger partial charge in [0.05, 0.1) is 6.04 Å². The second-order valence-corrected chi connectivity index (χ2v) is 5.67. The van der Waals surface area contributed by atoms with Crippen LogP contribution in [-0.2, 0) is 11.3 Å². The molecule has 0 fully saturated rings. The normalized spacial score (nSPS) is 13.2. The molecule has 4 heteroatoms. The van der Waals surface area contributed by atoms with Gasteiger partial charge in [0.2, 0.25) is 5.91 Å². The SMILES string of the molecule is CN(Cc1cccc(F)c1)C(=O)C(N)C(C)(C)C. The number of carbonyl (C=O) groups excluding carboxylic acids is 1. The number of benzene rings is 1. The monoisotopic (exact) mass is 252 g/mol. The zero-order valence-corrected chi connectivity index (χ0v) is 11.4. The smallest absolute Gasteiger partial charge is 0.240 e. The minimum atomic E-state index is -0.559. The third-order valence-electron chi connectivity index (χ3n) is 2.88. The van der Waals surface area contributed by atoms with E-state index < -0.39 is 6.04 Å². The molecular weight excluding hydrogens is 231 g/mol. The minimum absolute atomic E-state index is 0.133. The highest BCUT2D eigenvalue weighted by Gasteiger charge is 2.29. The maximum Gasteiger partial charge on any atom is 0.240 e. The Morgan fingerprint density at radius 3 is 2.56 bits per heavy atom. The summed E-state index contributed by atoms with van der Waals surface area (Å²) in [6.07, 6.45) is 0. The van der Waals surface area contributed by atoms with Crippen LogP contribution in [0, 0.1) is 11.2 Å². The first-order valence-corrected chi connectivity index (χ1v) is 5.97. The fourth-order valence-electron chi connectivity index (χ4n) is 1.59. The standard InChI is InChI=1S/C14H21FN2O/c1-14(2,3)12(16)13(18)17(4)9-10-6-5-7-11(15)8-10/h5-8,12H,9,16H2,1-4H3. The molecule has 1 aromatic rings. The second kappa shape index (κ2) is 5.48. The van der Waals surface area contributed by atoms with Crippen molar-refractivity contribution in [2.24, 2.45) is 11.1 Å². The molecule has 0 saturated carbocycles. The first-order chi connectivity index (χ1) is 8.21. The van der Waals surface area contributed by atoms with Gasteiger partial charge < -0.3 is 10.6 Å². The number of likely N-dealkylation sites (N-methyl/N-ethyl adjacent to an activating group) is 1. The van der Waals surface area contributed by atoms with Crippen LogP contribution < -0.4 is 5.73 Å². The third-order valence-corrected chi connectivity index (χ3v) is 2.88. The van der Waals surface area contributed by atoms with Crippen LogP contribution in [-0.4, -0.2) is 23.9 Å². The molecule has 0 aromatic heterocycles. The number of halogens is 1. The van der Waals surface area contributed by atoms with Crippen LogP contribution in [0.2, 0.25) is 0 Å². The van der Waals surface area contributed by atoms with E-state index in [1.54, 1.807) is 19.2 Å². The summed E-state index contributed by atoms with van der Waals surface area (Å²) in [5, 5.41) is 0. The molecule has 0 heterocycles. The van der Waals surface area contributed by atoms with Crippen LogP contribution in [0.4, 0.5) is 4.39 Å². The van der Waals surface area contributed by atoms with Crippen LogP contribution >= 0.6 is 0 Å². The lowest BCUT2D eigenvalue weighted by Gasteiger charge is -2.30. The van der Waals surface area contributed by atoms with Crippen LogP contribution in [0.25, 0.3) is 0 Å². The molecule has 100 valence electrons. The second-order valence-electron chi connectivity index (χ2n) is 5.67. The summed E-state index contributed by atoms with van der Waals surface area (Å²) in [5.41, 5.74) is 6.39. The molecule has 1 rings (SSSR count). The van der Waals surface area contributed by atoms with Gasteiger partial charge in [-0.05, 0) is 23.1 Å². The van der Waals surface area contributed by atoms with E-state index in [4.69, 9.17) is 5.73 Å². The van der Waals surface area contributed by atoms with Gasteiger partial charge in [-0.25, -0.2) is 4.39 Å². The number of hydrogen-bond donors (Lipinski definition) is 1. The lowest BCUT2D eigenvalue weighted by Crippen LogP contribution is -2.48. The Hall–Kier alpha value is -1.42. The Kier molecular flexibility index (Phi) is 4.46. The van der Waals surface area contributed by atoms with E-state index in [0.717, 1.165) is 5.56 Å². The predicted octanol–water partition coefficient (Wildman–Crippen LogP) is 2.16. The first-order valence-electron chi connectivity index (χ1n) is 5.97. The summed E-state index contributed by atoms with van der Waals surface area (Å²) in [5.74, 6) is -0.430. The molecule has 1 atom stereocenters. The van der Waals surface area contributed by atoms with Crippen molar-refractivity contribution in [3.63, 3.8) is 0 Å². The molecule has 0 aliphatic rings. The van der Waals surface area contributed by atoms with Crippen molar-refractivity contribution in [2.45, 2.75) is 33.4 Å². The molecule has 0 saturated heterocycles. The Bertz CT molecular complexity index is 426. The van der Waals surface area contributed by atoms with Crippen molar-refractivity contribution in [1.82, 2.24) is 4.90 Å². The Labute approximate surface area is 108 Å². The lowest BCUT2D eigenvalue weighted by atomic mass is 9.86. The van der Waals surface area contributed by atoms with Gasteiger partial charge in [-0.2, -0.15) is 0 Å². The summed E-state index contributed by atoms with van der Waals surface area (Å²) in [4.78, 5) is 13.6. The molecule has 1 unspecified atom stereocenters. The van der Waals surface area contributed by atoms with Crippen molar-refractivity contribution >= 4 is 5.91 Å². The molecule has 3 nitrogen and oxygen atoms in total. The van der Waals surface area contributed by atoms with E-state index in [2.05, 4.69) is 0 Å². The average molecular weight is 252 g/mol. The number of amides is 1. The molecule has 18 heavy (non-hydrogen) atoms. The average Bonchev–Trinajstić information content (AvgIpc) is 2.25. The molecule has 2 N–H and O–H groups in total. The van der Waals surface area contributed by atoms with Crippen molar-refractivity contribution in [3.8, 4) is 0 Å². The van der Waals surface area contributed by atoms with E-state index in [-0.39, 0.29) is 17.1 Å². The number of rotatable bonds is 3. The van der Waals surface area contributed by atoms with Gasteiger partial charge in [-0.1, -0.05) is 32.9 Å². The zero-order valence-electron chi connectivity index (χ0n) is 11.4. The van der Waals surface area contributed by atoms with Gasteiger partial charge in [0, 0.05) is 13.6 Å². The summed E-state index contributed by atoms with van der Waals surface area (Å²) < 4.78 is 13.0. The van der Waals surface area contributed by atoms with Gasteiger partial charge >= 0.3 is 0 Å². The maximum absolute atomic E-state index is 13.0. The number of carbonyl (C=O) groups is 1. The van der Waals surface area contributed by atoms with Crippen LogP contribution in [0.15, 0.2) is 24.3 Å². The quantitative estimate of drug-likeness (QED) is 0.896. The van der Waals surface area contributed by atoms with E-state index in [9.17, 15) is 9.18 Å². The molecule has 1 amide bonds. The van der Waals surface area contributed by atoms with Crippen molar-refractivity contribution < 1.29 is 9.18 Å². The van der Waals surface area contributed by atoms with Crippen LogP contribution in [0.3, 0.4) is 0 Å². The van der Waals surface area contributed by atoms with E-state index in [1.165, 1.54) is 17.0 Å². The summed E-state index contributed by atoms with van der Waals surface area (Å²) in [6, 6.07) is 5.66. The van der Waals surface area contributed by atoms with Crippen molar-refractivity contribution in [2.75, 3.05) is 7.05 Å². The predicted molar refractivity (Wildman–Crippen MR) is 70.3 cm³/mol. The molecule has 0 radical (unpaired) electrons. The van der Waals surface area contributed by atoms with Crippen LogP contribution in [0.1, 0.15) is 26.3 Å². The van der Waals surface area contributed by atoms with Gasteiger partial charge in [0.15, 0.2) is 0 Å². The first kappa shape index (κ1) is 14.6. The summed E-state index contributed by atoms with van der Waals surface area (Å²) >= 11 is 0. The number of nitrogens with two attached hydrogens (primary N) is 1. The van der Waals surface area contributed by atoms with E-state index >= 15 is 0 Å². The lowest BCUT2D eigenvalue weighted by molar-refractivity contribution is -0.134. The molecule has 0 aliphatic heterocycles. The maximum atomic E-state index is 13.0. The molecule has 1 aromatic carbocycles. The van der Waals surface area contributed by atoms with Gasteiger partial charge in [0.1, 0.15) is 5.82 Å². The topological polar surface area (TPSA) is 46.3 Å². The van der Waals surface area contributed by atoms with Crippen molar-refractivity contribution in [3.05, 3.63) is 35.6 Å². The highest BCUT2D eigenvalue weighted by atomic mass is 19.1. The molecule has 0 aliphatic carbocycles. The zero-order chi connectivity index (χ0) is 13.9. The Morgan fingerprint density at radius 1 is 1.44 bits per heavy atom. The van der Waals surface area contributed by atoms with Gasteiger partial charge in [0.25, 0.3) is 0 Å². The van der Waals surface area contributed by atoms with Gasteiger partial charge in [-0.15, -0.1) is 0 Å². The summed E-state index contributed by atoms with van der Waals surface area (Å²) in [6.45, 7) is 6.13. The van der Waals surface area contributed by atoms with Crippen LogP contribution in [0.5, 0.6) is 0 Å². The van der Waals surface area contributed by atoms with E-state index in [1.807, 2.05) is 20.8 Å². The molecule has 0 spiro atoms. The number of hydrogen-bond acceptors (Lipinski definition) is 2. The third kappa shape index (κ3) is 3.81. The number of nitrogens with zero attached hydrogens (tertiary/aromatic N) is 1. The van der Waals surface area contributed by atoms with E-state index in [0.29, 0.717) is 6.54 Å². The Morgan fingerprint density at radius 2 is 2.06 bits per heavy atom. The van der Waals surface area contributed by atoms with Crippen molar-refractivity contribution in [1.29, 1.82) is 0 Å². The highest BCUT2D eigenvalue weighted by Crippen LogP contribution is 2.19. The largest absolute Gasteiger partial charge is 0.340 e. The molecule has 0 bridgehead atoms. The fraction of sp³-hybridized carbons (Fsp3) is 0.500. The Balaban J connectivity index is 2.71.